The molecule has 0 aliphatic heterocycles. The van der Waals surface area contributed by atoms with Crippen molar-refractivity contribution in [3.8, 4) is 0 Å². The molecule has 100 valence electrons. The molecule has 1 fully saturated rings. The predicted octanol–water partition coefficient (Wildman–Crippen LogP) is 0.666. The fraction of sp³-hybridized carbons (Fsp3) is 0.692. The fourth-order valence-electron chi connectivity index (χ4n) is 2.57. The number of hydrogen-bond donors (Lipinski definition) is 1. The van der Waals surface area contributed by atoms with E-state index < -0.39 is 18.0 Å². The predicted molar refractivity (Wildman–Crippen MR) is 62.4 cm³/mol. The standard InChI is InChI=1S/C13H18O5/c1-2-5-17-11(14)7-18-13(16)10-6-8-3-4-9(10)12(8)15/h3-4,8-10,12,15H,2,5-7H2,1H3. The Balaban J connectivity index is 1.76. The Kier molecular flexibility index (Phi) is 4.01. The van der Waals surface area contributed by atoms with E-state index in [2.05, 4.69) is 0 Å². The van der Waals surface area contributed by atoms with Crippen LogP contribution in [0.4, 0.5) is 0 Å². The second-order valence-electron chi connectivity index (χ2n) is 4.79. The summed E-state index contributed by atoms with van der Waals surface area (Å²) < 4.78 is 9.74. The molecule has 0 aromatic heterocycles. The third kappa shape index (κ3) is 2.56. The minimum Gasteiger partial charge on any atom is -0.463 e. The quantitative estimate of drug-likeness (QED) is 0.576. The van der Waals surface area contributed by atoms with Gasteiger partial charge in [-0.15, -0.1) is 0 Å². The van der Waals surface area contributed by atoms with Gasteiger partial charge in [0, 0.05) is 11.8 Å². The van der Waals surface area contributed by atoms with Gasteiger partial charge < -0.3 is 14.6 Å². The number of esters is 2. The molecular weight excluding hydrogens is 236 g/mol. The highest BCUT2D eigenvalue weighted by atomic mass is 16.6. The zero-order valence-electron chi connectivity index (χ0n) is 10.4. The Labute approximate surface area is 106 Å². The van der Waals surface area contributed by atoms with Crippen LogP contribution in [0.15, 0.2) is 12.2 Å². The van der Waals surface area contributed by atoms with E-state index in [0.29, 0.717) is 13.0 Å². The normalized spacial score (nSPS) is 32.6. The lowest BCUT2D eigenvalue weighted by Gasteiger charge is -2.16. The van der Waals surface area contributed by atoms with E-state index in [1.165, 1.54) is 0 Å². The SMILES string of the molecule is CCCOC(=O)COC(=O)C1CC2C=CC1C2O. The summed E-state index contributed by atoms with van der Waals surface area (Å²) in [5.41, 5.74) is 0. The molecule has 0 aromatic rings. The minimum absolute atomic E-state index is 0.0552. The van der Waals surface area contributed by atoms with Gasteiger partial charge in [-0.1, -0.05) is 19.1 Å². The maximum Gasteiger partial charge on any atom is 0.344 e. The van der Waals surface area contributed by atoms with E-state index in [-0.39, 0.29) is 24.4 Å². The molecule has 4 atom stereocenters. The number of aliphatic hydroxyl groups excluding tert-OH is 1. The van der Waals surface area contributed by atoms with E-state index >= 15 is 0 Å². The van der Waals surface area contributed by atoms with Gasteiger partial charge in [0.1, 0.15) is 0 Å². The molecule has 0 aromatic carbocycles. The Morgan fingerprint density at radius 1 is 1.33 bits per heavy atom. The summed E-state index contributed by atoms with van der Waals surface area (Å²) in [4.78, 5) is 23.0. The van der Waals surface area contributed by atoms with Crippen LogP contribution in [0.25, 0.3) is 0 Å². The molecule has 2 aliphatic rings. The lowest BCUT2D eigenvalue weighted by atomic mass is 9.94. The second-order valence-corrected chi connectivity index (χ2v) is 4.79. The molecule has 0 amide bonds. The van der Waals surface area contributed by atoms with Crippen LogP contribution in [0.1, 0.15) is 19.8 Å². The molecule has 0 heterocycles. The van der Waals surface area contributed by atoms with Gasteiger partial charge in [-0.2, -0.15) is 0 Å². The van der Waals surface area contributed by atoms with E-state index in [9.17, 15) is 14.7 Å². The number of fused-ring (bicyclic) bond motifs is 2. The van der Waals surface area contributed by atoms with Crippen LogP contribution < -0.4 is 0 Å². The highest BCUT2D eigenvalue weighted by Gasteiger charge is 2.47. The van der Waals surface area contributed by atoms with Crippen molar-refractivity contribution in [3.63, 3.8) is 0 Å². The van der Waals surface area contributed by atoms with Crippen LogP contribution in [0.5, 0.6) is 0 Å². The van der Waals surface area contributed by atoms with Gasteiger partial charge in [0.05, 0.1) is 18.6 Å². The van der Waals surface area contributed by atoms with Crippen LogP contribution in [0.2, 0.25) is 0 Å². The van der Waals surface area contributed by atoms with Gasteiger partial charge >= 0.3 is 11.9 Å². The van der Waals surface area contributed by atoms with Crippen molar-refractivity contribution in [1.29, 1.82) is 0 Å². The first-order chi connectivity index (χ1) is 8.63. The second kappa shape index (κ2) is 5.52. The smallest absolute Gasteiger partial charge is 0.344 e. The first kappa shape index (κ1) is 13.1. The molecule has 1 N–H and O–H groups in total. The van der Waals surface area contributed by atoms with Gasteiger partial charge in [0.15, 0.2) is 6.61 Å². The zero-order valence-corrected chi connectivity index (χ0v) is 10.4. The molecule has 1 saturated carbocycles. The van der Waals surface area contributed by atoms with Gasteiger partial charge in [0.25, 0.3) is 0 Å². The number of ether oxygens (including phenoxy) is 2. The maximum absolute atomic E-state index is 11.8. The average molecular weight is 254 g/mol. The summed E-state index contributed by atoms with van der Waals surface area (Å²) in [5.74, 6) is -1.37. The summed E-state index contributed by atoms with van der Waals surface area (Å²) in [6, 6.07) is 0. The summed E-state index contributed by atoms with van der Waals surface area (Å²) in [6.07, 6.45) is 4.66. The summed E-state index contributed by atoms with van der Waals surface area (Å²) in [5, 5.41) is 9.78. The molecule has 5 nitrogen and oxygen atoms in total. The van der Waals surface area contributed by atoms with Gasteiger partial charge in [-0.05, 0) is 12.8 Å². The van der Waals surface area contributed by atoms with Crippen molar-refractivity contribution in [2.75, 3.05) is 13.2 Å². The number of carbonyl (C=O) groups is 2. The van der Waals surface area contributed by atoms with Crippen molar-refractivity contribution >= 4 is 11.9 Å². The van der Waals surface area contributed by atoms with Crippen LogP contribution in [-0.2, 0) is 19.1 Å². The molecule has 0 spiro atoms. The van der Waals surface area contributed by atoms with E-state index in [1.807, 2.05) is 19.1 Å². The van der Waals surface area contributed by atoms with Crippen molar-refractivity contribution < 1.29 is 24.2 Å². The molecule has 5 heteroatoms. The van der Waals surface area contributed by atoms with Gasteiger partial charge in [-0.3, -0.25) is 4.79 Å². The molecule has 18 heavy (non-hydrogen) atoms. The Morgan fingerprint density at radius 3 is 2.67 bits per heavy atom. The van der Waals surface area contributed by atoms with Gasteiger partial charge in [-0.25, -0.2) is 4.79 Å². The van der Waals surface area contributed by atoms with Crippen molar-refractivity contribution in [2.45, 2.75) is 25.9 Å². The van der Waals surface area contributed by atoms with Crippen LogP contribution >= 0.6 is 0 Å². The van der Waals surface area contributed by atoms with Crippen LogP contribution in [-0.4, -0.2) is 36.4 Å². The van der Waals surface area contributed by atoms with E-state index in [1.54, 1.807) is 0 Å². The number of hydrogen-bond acceptors (Lipinski definition) is 5. The largest absolute Gasteiger partial charge is 0.463 e. The highest BCUT2D eigenvalue weighted by molar-refractivity contribution is 5.78. The average Bonchev–Trinajstić information content (AvgIpc) is 2.89. The highest BCUT2D eigenvalue weighted by Crippen LogP contribution is 2.44. The molecule has 2 aliphatic carbocycles. The Bertz CT molecular complexity index is 362. The Morgan fingerprint density at radius 2 is 2.11 bits per heavy atom. The van der Waals surface area contributed by atoms with Crippen LogP contribution in [0.3, 0.4) is 0 Å². The van der Waals surface area contributed by atoms with Crippen molar-refractivity contribution in [2.24, 2.45) is 17.8 Å². The summed E-state index contributed by atoms with van der Waals surface area (Å²) in [6.45, 7) is 1.89. The third-order valence-electron chi connectivity index (χ3n) is 3.51. The first-order valence-electron chi connectivity index (χ1n) is 6.32. The van der Waals surface area contributed by atoms with Crippen molar-refractivity contribution in [1.82, 2.24) is 0 Å². The Hall–Kier alpha value is -1.36. The molecule has 4 unspecified atom stereocenters. The van der Waals surface area contributed by atoms with Crippen LogP contribution in [0, 0.1) is 17.8 Å². The zero-order chi connectivity index (χ0) is 13.1. The first-order valence-corrected chi connectivity index (χ1v) is 6.32. The van der Waals surface area contributed by atoms with Crippen molar-refractivity contribution in [3.05, 3.63) is 12.2 Å². The molecule has 0 radical (unpaired) electrons. The minimum atomic E-state index is -0.524. The molecule has 2 rings (SSSR count). The van der Waals surface area contributed by atoms with E-state index in [4.69, 9.17) is 9.47 Å². The monoisotopic (exact) mass is 254 g/mol. The molecular formula is C13H18O5. The maximum atomic E-state index is 11.8. The van der Waals surface area contributed by atoms with E-state index in [0.717, 1.165) is 6.42 Å². The summed E-state index contributed by atoms with van der Waals surface area (Å²) >= 11 is 0. The van der Waals surface area contributed by atoms with Gasteiger partial charge in [0.2, 0.25) is 0 Å². The fourth-order valence-corrected chi connectivity index (χ4v) is 2.57. The molecule has 0 saturated heterocycles. The third-order valence-corrected chi connectivity index (χ3v) is 3.51. The summed E-state index contributed by atoms with van der Waals surface area (Å²) in [7, 11) is 0. The topological polar surface area (TPSA) is 72.8 Å². The number of rotatable bonds is 5. The lowest BCUT2D eigenvalue weighted by molar-refractivity contribution is -0.162. The molecule has 2 bridgehead atoms. The lowest BCUT2D eigenvalue weighted by Crippen LogP contribution is -2.26. The number of aliphatic hydroxyl groups is 1. The number of carbonyl (C=O) groups excluding carboxylic acids is 2.